The number of nitrogens with zero attached hydrogens (tertiary/aromatic N) is 1. The molecule has 0 aliphatic heterocycles. The fourth-order valence-electron chi connectivity index (χ4n) is 2.04. The summed E-state index contributed by atoms with van der Waals surface area (Å²) in [5, 5.41) is 4.49. The van der Waals surface area contributed by atoms with Crippen LogP contribution in [-0.4, -0.2) is 4.98 Å². The molecule has 0 radical (unpaired) electrons. The van der Waals surface area contributed by atoms with Crippen LogP contribution < -0.4 is 11.1 Å². The van der Waals surface area contributed by atoms with E-state index in [1.54, 1.807) is 0 Å². The minimum atomic E-state index is 0.767. The van der Waals surface area contributed by atoms with Crippen LogP contribution in [0.1, 0.15) is 5.69 Å². The molecule has 3 rings (SSSR count). The lowest BCUT2D eigenvalue weighted by Gasteiger charge is -2.08. The van der Waals surface area contributed by atoms with Crippen molar-refractivity contribution in [3.63, 3.8) is 0 Å². The fraction of sp³-hybridized carbons (Fsp3) is 0.0625. The van der Waals surface area contributed by atoms with Gasteiger partial charge < -0.3 is 11.1 Å². The number of rotatable bonds is 2. The van der Waals surface area contributed by atoms with Gasteiger partial charge in [-0.25, -0.2) is 0 Å². The predicted octanol–water partition coefficient (Wildman–Crippen LogP) is 3.87. The van der Waals surface area contributed by atoms with Gasteiger partial charge in [-0.1, -0.05) is 6.07 Å². The summed E-state index contributed by atoms with van der Waals surface area (Å²) in [5.74, 6) is 0. The molecule has 0 spiro atoms. The molecule has 3 heteroatoms. The molecule has 1 aromatic heterocycles. The maximum absolute atomic E-state index is 5.67. The molecule has 0 saturated heterocycles. The van der Waals surface area contributed by atoms with Gasteiger partial charge in [-0.15, -0.1) is 0 Å². The number of nitrogens with two attached hydrogens (primary N) is 1. The van der Waals surface area contributed by atoms with Crippen LogP contribution >= 0.6 is 0 Å². The maximum atomic E-state index is 5.67. The predicted molar refractivity (Wildman–Crippen MR) is 80.6 cm³/mol. The Hall–Kier alpha value is -2.55. The van der Waals surface area contributed by atoms with Crippen molar-refractivity contribution >= 4 is 28.0 Å². The molecule has 94 valence electrons. The summed E-state index contributed by atoms with van der Waals surface area (Å²) in [6.45, 7) is 2.00. The van der Waals surface area contributed by atoms with E-state index in [0.717, 1.165) is 33.7 Å². The van der Waals surface area contributed by atoms with Gasteiger partial charge in [0.1, 0.15) is 0 Å². The van der Waals surface area contributed by atoms with E-state index in [1.807, 2.05) is 49.4 Å². The molecule has 2 aromatic carbocycles. The van der Waals surface area contributed by atoms with Crippen molar-refractivity contribution in [2.45, 2.75) is 6.92 Å². The highest BCUT2D eigenvalue weighted by atomic mass is 14.9. The average molecular weight is 249 g/mol. The van der Waals surface area contributed by atoms with E-state index in [4.69, 9.17) is 5.73 Å². The number of benzene rings is 2. The van der Waals surface area contributed by atoms with E-state index >= 15 is 0 Å². The maximum Gasteiger partial charge on any atom is 0.0706 e. The molecule has 0 fully saturated rings. The van der Waals surface area contributed by atoms with E-state index < -0.39 is 0 Å². The number of nitrogens with one attached hydrogen (secondary N) is 1. The topological polar surface area (TPSA) is 50.9 Å². The summed E-state index contributed by atoms with van der Waals surface area (Å²) in [6, 6.07) is 18.0. The van der Waals surface area contributed by atoms with Crippen molar-refractivity contribution in [2.24, 2.45) is 0 Å². The van der Waals surface area contributed by atoms with Crippen molar-refractivity contribution in [2.75, 3.05) is 11.1 Å². The molecular weight excluding hydrogens is 234 g/mol. The quantitative estimate of drug-likeness (QED) is 0.678. The second-order valence-electron chi connectivity index (χ2n) is 4.61. The Balaban J connectivity index is 1.93. The largest absolute Gasteiger partial charge is 0.399 e. The third kappa shape index (κ3) is 2.50. The van der Waals surface area contributed by atoms with Gasteiger partial charge >= 0.3 is 0 Å². The Morgan fingerprint density at radius 1 is 0.895 bits per heavy atom. The van der Waals surface area contributed by atoms with Gasteiger partial charge in [-0.05, 0) is 55.5 Å². The summed E-state index contributed by atoms with van der Waals surface area (Å²) in [5.41, 5.74) is 10.6. The number of fused-ring (bicyclic) bond motifs is 1. The average Bonchev–Trinajstić information content (AvgIpc) is 2.42. The lowest BCUT2D eigenvalue weighted by molar-refractivity contribution is 1.26. The van der Waals surface area contributed by atoms with Crippen LogP contribution in [0.5, 0.6) is 0 Å². The van der Waals surface area contributed by atoms with Gasteiger partial charge in [0.25, 0.3) is 0 Å². The third-order valence-corrected chi connectivity index (χ3v) is 3.03. The smallest absolute Gasteiger partial charge is 0.0706 e. The van der Waals surface area contributed by atoms with Crippen LogP contribution in [0.2, 0.25) is 0 Å². The molecule has 3 N–H and O–H groups in total. The van der Waals surface area contributed by atoms with Crippen LogP contribution in [0.4, 0.5) is 17.1 Å². The number of anilines is 3. The minimum absolute atomic E-state index is 0.767. The van der Waals surface area contributed by atoms with Gasteiger partial charge in [0.2, 0.25) is 0 Å². The first-order chi connectivity index (χ1) is 9.20. The zero-order valence-corrected chi connectivity index (χ0v) is 10.7. The van der Waals surface area contributed by atoms with Gasteiger partial charge in [-0.3, -0.25) is 4.98 Å². The van der Waals surface area contributed by atoms with E-state index in [1.165, 1.54) is 0 Å². The van der Waals surface area contributed by atoms with Gasteiger partial charge in [-0.2, -0.15) is 0 Å². The van der Waals surface area contributed by atoms with Crippen molar-refractivity contribution in [1.29, 1.82) is 0 Å². The number of nitrogen functional groups attached to an aromatic ring is 1. The molecule has 0 bridgehead atoms. The minimum Gasteiger partial charge on any atom is -0.399 e. The van der Waals surface area contributed by atoms with Crippen LogP contribution in [0.25, 0.3) is 10.9 Å². The molecular formula is C16H15N3. The second kappa shape index (κ2) is 4.61. The second-order valence-corrected chi connectivity index (χ2v) is 4.61. The first kappa shape index (κ1) is 11.5. The molecule has 0 atom stereocenters. The molecule has 0 amide bonds. The van der Waals surface area contributed by atoms with E-state index in [0.29, 0.717) is 0 Å². The summed E-state index contributed by atoms with van der Waals surface area (Å²) >= 11 is 0. The van der Waals surface area contributed by atoms with Crippen LogP contribution in [-0.2, 0) is 0 Å². The highest BCUT2D eigenvalue weighted by molar-refractivity contribution is 5.83. The van der Waals surface area contributed by atoms with Crippen molar-refractivity contribution in [3.8, 4) is 0 Å². The zero-order valence-electron chi connectivity index (χ0n) is 10.7. The summed E-state index contributed by atoms with van der Waals surface area (Å²) in [6.07, 6.45) is 0. The third-order valence-electron chi connectivity index (χ3n) is 3.03. The Bertz CT molecular complexity index is 718. The molecule has 3 aromatic rings. The number of hydrogen-bond acceptors (Lipinski definition) is 3. The molecule has 0 unspecified atom stereocenters. The Labute approximate surface area is 112 Å². The fourth-order valence-corrected chi connectivity index (χ4v) is 2.04. The Morgan fingerprint density at radius 3 is 2.42 bits per heavy atom. The molecule has 0 saturated carbocycles. The van der Waals surface area contributed by atoms with E-state index in [-0.39, 0.29) is 0 Å². The molecule has 0 aliphatic rings. The Kier molecular flexibility index (Phi) is 2.80. The van der Waals surface area contributed by atoms with Gasteiger partial charge in [0, 0.05) is 28.1 Å². The molecule has 1 heterocycles. The highest BCUT2D eigenvalue weighted by Gasteiger charge is 1.99. The van der Waals surface area contributed by atoms with Crippen LogP contribution in [0.3, 0.4) is 0 Å². The number of pyridine rings is 1. The zero-order chi connectivity index (χ0) is 13.2. The lowest BCUT2D eigenvalue weighted by atomic mass is 10.2. The first-order valence-corrected chi connectivity index (χ1v) is 6.21. The number of aromatic nitrogens is 1. The van der Waals surface area contributed by atoms with Crippen LogP contribution in [0.15, 0.2) is 54.6 Å². The monoisotopic (exact) mass is 249 g/mol. The lowest BCUT2D eigenvalue weighted by Crippen LogP contribution is -1.92. The van der Waals surface area contributed by atoms with Gasteiger partial charge in [0.15, 0.2) is 0 Å². The highest BCUT2D eigenvalue weighted by Crippen LogP contribution is 2.22. The first-order valence-electron chi connectivity index (χ1n) is 6.21. The SMILES string of the molecule is Cc1ccc2cc(Nc3ccc(N)cc3)ccc2n1. The van der Waals surface area contributed by atoms with Crippen LogP contribution in [0, 0.1) is 6.92 Å². The molecule has 0 aliphatic carbocycles. The normalized spacial score (nSPS) is 10.6. The van der Waals surface area contributed by atoms with E-state index in [9.17, 15) is 0 Å². The van der Waals surface area contributed by atoms with Gasteiger partial charge in [0.05, 0.1) is 5.52 Å². The standard InChI is InChI=1S/C16H15N3/c1-11-2-3-12-10-15(8-9-16(12)18-11)19-14-6-4-13(17)5-7-14/h2-10,19H,17H2,1H3. The molecule has 3 nitrogen and oxygen atoms in total. The van der Waals surface area contributed by atoms with Crippen molar-refractivity contribution < 1.29 is 0 Å². The number of hydrogen-bond donors (Lipinski definition) is 2. The Morgan fingerprint density at radius 2 is 1.63 bits per heavy atom. The summed E-state index contributed by atoms with van der Waals surface area (Å²) in [7, 11) is 0. The van der Waals surface area contributed by atoms with E-state index in [2.05, 4.69) is 22.4 Å². The summed E-state index contributed by atoms with van der Waals surface area (Å²) < 4.78 is 0. The molecule has 19 heavy (non-hydrogen) atoms. The van der Waals surface area contributed by atoms with Crippen molar-refractivity contribution in [3.05, 3.63) is 60.3 Å². The van der Waals surface area contributed by atoms with Crippen molar-refractivity contribution in [1.82, 2.24) is 4.98 Å². The number of aryl methyl sites for hydroxylation is 1. The summed E-state index contributed by atoms with van der Waals surface area (Å²) in [4.78, 5) is 4.49.